The van der Waals surface area contributed by atoms with E-state index in [0.29, 0.717) is 12.8 Å². The third-order valence-corrected chi connectivity index (χ3v) is 18.1. The molecule has 0 aliphatic heterocycles. The number of hydrogen-bond acceptors (Lipinski definition) is 0. The highest BCUT2D eigenvalue weighted by atomic mass is 19.4. The highest BCUT2D eigenvalue weighted by Crippen LogP contribution is 2.54. The number of benzene rings is 2. The van der Waals surface area contributed by atoms with Gasteiger partial charge in [-0.3, -0.25) is 5.32 Å². The van der Waals surface area contributed by atoms with Crippen molar-refractivity contribution < 1.29 is 97.5 Å². The zero-order valence-electron chi connectivity index (χ0n) is 54.3. The summed E-state index contributed by atoms with van der Waals surface area (Å²) in [6, 6.07) is -4.64. The van der Waals surface area contributed by atoms with E-state index >= 15 is 0 Å². The number of alkyl halides is 13. The molecule has 8 unspecified atom stereocenters. The number of unbranched alkanes of at least 4 members (excludes halogenated alkanes) is 1. The van der Waals surface area contributed by atoms with Crippen LogP contribution in [-0.2, 0) is 12.1 Å². The number of nitrogens with two attached hydrogens (primary N) is 1. The minimum Gasteiger partial charge on any atom is -0.277 e. The molecule has 0 saturated heterocycles. The molecular formula is C65H103BF21N. The lowest BCUT2D eigenvalue weighted by molar-refractivity contribution is -0.810. The van der Waals surface area contributed by atoms with Crippen LogP contribution in [0.15, 0.2) is 0 Å². The zero-order valence-corrected chi connectivity index (χ0v) is 54.3. The van der Waals surface area contributed by atoms with Crippen LogP contribution < -0.4 is 5.32 Å². The molecule has 23 heteroatoms. The fourth-order valence-electron chi connectivity index (χ4n) is 13.4. The molecule has 0 aliphatic carbocycles. The van der Waals surface area contributed by atoms with Gasteiger partial charge < -0.3 is 0 Å². The second-order valence-electron chi connectivity index (χ2n) is 25.7. The number of rotatable bonds is 38. The summed E-state index contributed by atoms with van der Waals surface area (Å²) in [5.41, 5.74) is -14.2. The van der Waals surface area contributed by atoms with E-state index in [2.05, 4.69) is 83.1 Å². The third kappa shape index (κ3) is 26.5. The first-order valence-corrected chi connectivity index (χ1v) is 32.4. The van der Waals surface area contributed by atoms with Crippen molar-refractivity contribution in [2.45, 2.75) is 287 Å². The second-order valence-corrected chi connectivity index (χ2v) is 25.7. The Balaban J connectivity index is 0.00000150. The van der Waals surface area contributed by atoms with Gasteiger partial charge in [0.25, 0.3) is 0 Å². The Morgan fingerprint density at radius 1 is 0.330 bits per heavy atom. The maximum absolute atomic E-state index is 13.9. The molecule has 0 aliphatic rings. The first kappa shape index (κ1) is 85.0. The first-order valence-electron chi connectivity index (χ1n) is 32.4. The zero-order chi connectivity index (χ0) is 68.3. The molecule has 0 radical (unpaired) electrons. The van der Waals surface area contributed by atoms with Crippen LogP contribution in [0.2, 0.25) is 25.3 Å². The van der Waals surface area contributed by atoms with E-state index in [9.17, 15) is 92.2 Å². The van der Waals surface area contributed by atoms with Crippen molar-refractivity contribution in [3.8, 4) is 11.1 Å². The van der Waals surface area contributed by atoms with Gasteiger partial charge in [0.1, 0.15) is 5.56 Å². The molecule has 0 heterocycles. The molecule has 1 nitrogen and oxygen atoms in total. The fourth-order valence-corrected chi connectivity index (χ4v) is 13.4. The second kappa shape index (κ2) is 39.5. The topological polar surface area (TPSA) is 16.6 Å². The number of halogens is 21. The average molecular weight is 1310 g/mol. The van der Waals surface area contributed by atoms with Crippen molar-refractivity contribution in [1.29, 1.82) is 0 Å². The largest absolute Gasteiger partial charge is 0.514 e. The fraction of sp³-hybridized carbons (Fsp3) is 0.815. The highest BCUT2D eigenvalue weighted by Gasteiger charge is 2.64. The summed E-state index contributed by atoms with van der Waals surface area (Å²) in [4.78, 5) is 0. The molecule has 8 atom stereocenters. The van der Waals surface area contributed by atoms with E-state index in [1.54, 1.807) is 32.2 Å². The van der Waals surface area contributed by atoms with Gasteiger partial charge in [-0.05, 0) is 30.1 Å². The van der Waals surface area contributed by atoms with Crippen LogP contribution in [0.1, 0.15) is 242 Å². The SMILES string of the molecule is CCCC(CC)CCC(C)C[B-](CC(C)CCC(CC)CCC)(CC(C)CCC(CC)CCC)CC(C)CCC(CC)CCC.CCCC[NH2+]C(F)(F)C(F)(F)F.Fc1c(F)c(F)c(-c2c(C(F)(F)F)c(F)c(F)c(F)c2C(F)(F)C(F)(F)F)c(F)c1F. The molecule has 0 aromatic heterocycles. The van der Waals surface area contributed by atoms with E-state index in [0.717, 1.165) is 47.3 Å². The van der Waals surface area contributed by atoms with Gasteiger partial charge in [-0.2, -0.15) is 73.6 Å². The van der Waals surface area contributed by atoms with Crippen LogP contribution in [0, 0.1) is 93.9 Å². The van der Waals surface area contributed by atoms with E-state index in [1.165, 1.54) is 128 Å². The van der Waals surface area contributed by atoms with Crippen LogP contribution >= 0.6 is 0 Å². The van der Waals surface area contributed by atoms with E-state index in [1.807, 2.05) is 0 Å². The molecule has 0 spiro atoms. The number of hydrogen-bond donors (Lipinski definition) is 1. The van der Waals surface area contributed by atoms with Crippen LogP contribution in [0.25, 0.3) is 11.1 Å². The van der Waals surface area contributed by atoms with E-state index in [-0.39, 0.29) is 18.0 Å². The summed E-state index contributed by atoms with van der Waals surface area (Å²) >= 11 is 0. The summed E-state index contributed by atoms with van der Waals surface area (Å²) in [5, 5.41) is 0.0243. The predicted octanol–water partition coefficient (Wildman–Crippen LogP) is 25.0. The van der Waals surface area contributed by atoms with Crippen LogP contribution in [0.3, 0.4) is 0 Å². The van der Waals surface area contributed by atoms with Gasteiger partial charge in [0.15, 0.2) is 40.7 Å². The van der Waals surface area contributed by atoms with Crippen LogP contribution in [0.4, 0.5) is 92.2 Å². The van der Waals surface area contributed by atoms with Gasteiger partial charge in [-0.25, -0.2) is 35.1 Å². The Bertz CT molecular complexity index is 2130. The average Bonchev–Trinajstić information content (AvgIpc) is 1.54. The van der Waals surface area contributed by atoms with Crippen molar-refractivity contribution >= 4 is 6.15 Å². The van der Waals surface area contributed by atoms with E-state index < -0.39 is 99.3 Å². The van der Waals surface area contributed by atoms with Crippen molar-refractivity contribution in [2.75, 3.05) is 6.54 Å². The number of quaternary nitrogens is 1. The van der Waals surface area contributed by atoms with Crippen molar-refractivity contribution in [3.63, 3.8) is 0 Å². The molecule has 0 saturated carbocycles. The normalized spacial score (nSPS) is 16.2. The monoisotopic (exact) mass is 1310 g/mol. The summed E-state index contributed by atoms with van der Waals surface area (Å²) in [5.74, 6) is -26.8. The van der Waals surface area contributed by atoms with Crippen molar-refractivity contribution in [2.24, 2.45) is 47.3 Å². The summed E-state index contributed by atoms with van der Waals surface area (Å²) < 4.78 is 272. The summed E-state index contributed by atoms with van der Waals surface area (Å²) in [6.07, 6.45) is 16.1. The van der Waals surface area contributed by atoms with Gasteiger partial charge in [0.05, 0.1) is 17.7 Å². The highest BCUT2D eigenvalue weighted by molar-refractivity contribution is 6.80. The van der Waals surface area contributed by atoms with Crippen molar-refractivity contribution in [1.82, 2.24) is 0 Å². The Labute approximate surface area is 512 Å². The molecule has 0 bridgehead atoms. The Morgan fingerprint density at radius 3 is 0.864 bits per heavy atom. The summed E-state index contributed by atoms with van der Waals surface area (Å²) in [6.45, 7) is 31.5. The van der Waals surface area contributed by atoms with Gasteiger partial charge in [0.2, 0.25) is 5.82 Å². The first-order chi connectivity index (χ1) is 40.6. The van der Waals surface area contributed by atoms with E-state index in [4.69, 9.17) is 0 Å². The Kier molecular flexibility index (Phi) is 38.2. The maximum Gasteiger partial charge on any atom is 0.514 e. The van der Waals surface area contributed by atoms with Gasteiger partial charge >= 0.3 is 30.5 Å². The lowest BCUT2D eigenvalue weighted by Gasteiger charge is -2.48. The van der Waals surface area contributed by atoms with Gasteiger partial charge in [-0.1, -0.05) is 249 Å². The Hall–Kier alpha value is -3.01. The Morgan fingerprint density at radius 2 is 0.614 bits per heavy atom. The smallest absolute Gasteiger partial charge is 0.277 e. The lowest BCUT2D eigenvalue weighted by Crippen LogP contribution is -2.97. The molecule has 2 aromatic carbocycles. The third-order valence-electron chi connectivity index (χ3n) is 18.1. The minimum atomic E-state index is -7.10. The molecule has 88 heavy (non-hydrogen) atoms. The van der Waals surface area contributed by atoms with Crippen LogP contribution in [0.5, 0.6) is 0 Å². The molecule has 0 fully saturated rings. The maximum atomic E-state index is 13.9. The van der Waals surface area contributed by atoms with Crippen LogP contribution in [-0.4, -0.2) is 31.1 Å². The molecule has 2 N–H and O–H groups in total. The lowest BCUT2D eigenvalue weighted by atomic mass is 9.14. The quantitative estimate of drug-likeness (QED) is 0.0172. The van der Waals surface area contributed by atoms with Crippen molar-refractivity contribution in [3.05, 3.63) is 57.7 Å². The van der Waals surface area contributed by atoms with Gasteiger partial charge in [0, 0.05) is 11.7 Å². The predicted molar refractivity (Wildman–Crippen MR) is 313 cm³/mol. The minimum absolute atomic E-state index is 0.0243. The van der Waals surface area contributed by atoms with Gasteiger partial charge in [-0.15, -0.1) is 8.78 Å². The summed E-state index contributed by atoms with van der Waals surface area (Å²) in [7, 11) is 0. The molecule has 2 aromatic rings. The molecule has 2 rings (SSSR count). The molecule has 0 amide bonds. The molecule has 518 valence electrons. The molecular weight excluding hydrogens is 1200 g/mol. The standard InChI is InChI=1S/C44H92B.C15F16.C6H10F5N/c1-13-21-41(17-5)29-25-37(9)33-45(34-38(10)26-30-42(18-6)22-14-2,35-39(11)27-31-43(19-7)23-15-3)36-40(12)28-32-44(20-8)24-16-4;16-5-2(6(17)10(21)12(23)9(5)20)1-3(13(24,25)15(29,30)31)7(18)11(22)8(19)4(1)14(26,27)28;1-2-3-4-12-6(10,11)5(7,8)9/h37-44H,13-36H2,1-12H3;;12H,2-4H2,1H3/q-1;;/p+1.